The molecule has 0 amide bonds. The van der Waals surface area contributed by atoms with Crippen LogP contribution in [-0.2, 0) is 0 Å². The van der Waals surface area contributed by atoms with Crippen molar-refractivity contribution in [2.45, 2.75) is 45.9 Å². The van der Waals surface area contributed by atoms with Crippen molar-refractivity contribution in [3.63, 3.8) is 0 Å². The Bertz CT molecular complexity index is 813. The van der Waals surface area contributed by atoms with Gasteiger partial charge in [0.1, 0.15) is 5.75 Å². The first-order valence-corrected chi connectivity index (χ1v) is 9.69. The van der Waals surface area contributed by atoms with Crippen molar-refractivity contribution in [3.05, 3.63) is 63.6 Å². The normalized spacial score (nSPS) is 21.6. The van der Waals surface area contributed by atoms with Gasteiger partial charge in [0.2, 0.25) is 0 Å². The fourth-order valence-electron chi connectivity index (χ4n) is 3.61. The SMILES string of the molecule is Cc1ccc(C2=NN3C(CC(C)C)Oc4ccc(Br)cc4C3C2)cc1. The second-order valence-electron chi connectivity index (χ2n) is 7.40. The third kappa shape index (κ3) is 3.20. The van der Waals surface area contributed by atoms with Crippen LogP contribution in [0.4, 0.5) is 0 Å². The van der Waals surface area contributed by atoms with Gasteiger partial charge in [0.25, 0.3) is 0 Å². The molecule has 2 aromatic carbocycles. The Morgan fingerprint density at radius 2 is 1.96 bits per heavy atom. The number of ether oxygens (including phenoxy) is 1. The topological polar surface area (TPSA) is 24.8 Å². The maximum absolute atomic E-state index is 6.31. The lowest BCUT2D eigenvalue weighted by Gasteiger charge is -2.38. The lowest BCUT2D eigenvalue weighted by atomic mass is 9.95. The summed E-state index contributed by atoms with van der Waals surface area (Å²) in [4.78, 5) is 0. The van der Waals surface area contributed by atoms with Crippen molar-refractivity contribution in [1.82, 2.24) is 5.01 Å². The Morgan fingerprint density at radius 3 is 2.68 bits per heavy atom. The number of benzene rings is 2. The zero-order chi connectivity index (χ0) is 17.6. The molecule has 130 valence electrons. The summed E-state index contributed by atoms with van der Waals surface area (Å²) in [5.74, 6) is 1.55. The number of fused-ring (bicyclic) bond motifs is 3. The van der Waals surface area contributed by atoms with Gasteiger partial charge in [0, 0.05) is 22.9 Å². The smallest absolute Gasteiger partial charge is 0.188 e. The Hall–Kier alpha value is -1.81. The Labute approximate surface area is 157 Å². The van der Waals surface area contributed by atoms with Gasteiger partial charge in [0.05, 0.1) is 11.8 Å². The van der Waals surface area contributed by atoms with E-state index in [0.717, 1.165) is 28.8 Å². The van der Waals surface area contributed by atoms with E-state index < -0.39 is 0 Å². The molecule has 2 heterocycles. The van der Waals surface area contributed by atoms with E-state index in [1.807, 2.05) is 0 Å². The van der Waals surface area contributed by atoms with Gasteiger partial charge in [-0.1, -0.05) is 59.6 Å². The number of aryl methyl sites for hydroxylation is 1. The van der Waals surface area contributed by atoms with Crippen molar-refractivity contribution < 1.29 is 4.74 Å². The molecule has 2 atom stereocenters. The molecule has 0 radical (unpaired) electrons. The summed E-state index contributed by atoms with van der Waals surface area (Å²) in [5.41, 5.74) is 4.85. The van der Waals surface area contributed by atoms with E-state index >= 15 is 0 Å². The van der Waals surface area contributed by atoms with E-state index in [9.17, 15) is 0 Å². The van der Waals surface area contributed by atoms with Gasteiger partial charge in [0.15, 0.2) is 6.23 Å². The summed E-state index contributed by atoms with van der Waals surface area (Å²) < 4.78 is 7.40. The number of nitrogens with zero attached hydrogens (tertiary/aromatic N) is 2. The summed E-state index contributed by atoms with van der Waals surface area (Å²) in [5, 5.41) is 7.17. The van der Waals surface area contributed by atoms with Crippen molar-refractivity contribution in [3.8, 4) is 5.75 Å². The minimum atomic E-state index is 0.00150. The van der Waals surface area contributed by atoms with Gasteiger partial charge in [-0.25, -0.2) is 0 Å². The van der Waals surface area contributed by atoms with E-state index in [1.54, 1.807) is 0 Å². The molecule has 2 aromatic rings. The lowest BCUT2D eigenvalue weighted by Crippen LogP contribution is -2.41. The van der Waals surface area contributed by atoms with Gasteiger partial charge in [-0.05, 0) is 36.6 Å². The highest BCUT2D eigenvalue weighted by Crippen LogP contribution is 2.45. The molecule has 0 fully saturated rings. The van der Waals surface area contributed by atoms with Crippen molar-refractivity contribution in [2.24, 2.45) is 11.0 Å². The fourth-order valence-corrected chi connectivity index (χ4v) is 3.99. The minimum Gasteiger partial charge on any atom is -0.469 e. The quantitative estimate of drug-likeness (QED) is 0.664. The largest absolute Gasteiger partial charge is 0.469 e. The van der Waals surface area contributed by atoms with E-state index in [2.05, 4.69) is 84.2 Å². The third-order valence-corrected chi connectivity index (χ3v) is 5.38. The summed E-state index contributed by atoms with van der Waals surface area (Å²) >= 11 is 3.60. The fraction of sp³-hybridized carbons (Fsp3) is 0.381. The lowest BCUT2D eigenvalue weighted by molar-refractivity contribution is -0.0291. The molecule has 0 aromatic heterocycles. The van der Waals surface area contributed by atoms with Crippen LogP contribution in [0.3, 0.4) is 0 Å². The molecule has 4 rings (SSSR count). The molecule has 2 aliphatic rings. The van der Waals surface area contributed by atoms with Crippen LogP contribution in [0.15, 0.2) is 52.0 Å². The molecule has 2 aliphatic heterocycles. The third-order valence-electron chi connectivity index (χ3n) is 4.89. The monoisotopic (exact) mass is 398 g/mol. The van der Waals surface area contributed by atoms with E-state index in [1.165, 1.54) is 16.7 Å². The van der Waals surface area contributed by atoms with E-state index in [0.29, 0.717) is 5.92 Å². The minimum absolute atomic E-state index is 0.00150. The molecule has 0 saturated heterocycles. The summed E-state index contributed by atoms with van der Waals surface area (Å²) in [6.45, 7) is 6.58. The van der Waals surface area contributed by atoms with Crippen LogP contribution in [-0.4, -0.2) is 16.9 Å². The number of rotatable bonds is 3. The molecule has 2 unspecified atom stereocenters. The highest BCUT2D eigenvalue weighted by atomic mass is 79.9. The molecular weight excluding hydrogens is 376 g/mol. The van der Waals surface area contributed by atoms with Crippen LogP contribution >= 0.6 is 15.9 Å². The van der Waals surface area contributed by atoms with Gasteiger partial charge >= 0.3 is 0 Å². The predicted octanol–water partition coefficient (Wildman–Crippen LogP) is 5.67. The van der Waals surface area contributed by atoms with Crippen LogP contribution in [0.1, 0.15) is 49.4 Å². The summed E-state index contributed by atoms with van der Waals surface area (Å²) in [7, 11) is 0. The molecule has 25 heavy (non-hydrogen) atoms. The van der Waals surface area contributed by atoms with Crippen LogP contribution in [0.2, 0.25) is 0 Å². The second kappa shape index (κ2) is 6.49. The highest BCUT2D eigenvalue weighted by Gasteiger charge is 2.40. The average molecular weight is 399 g/mol. The molecule has 0 spiro atoms. The first kappa shape index (κ1) is 16.6. The Balaban J connectivity index is 1.72. The standard InChI is InChI=1S/C21H23BrN2O/c1-13(2)10-21-24-19(17-11-16(22)8-9-20(17)25-21)12-18(23-24)15-6-4-14(3)5-7-15/h4-9,11,13,19,21H,10,12H2,1-3H3. The molecule has 4 heteroatoms. The summed E-state index contributed by atoms with van der Waals surface area (Å²) in [6, 6.07) is 15.2. The van der Waals surface area contributed by atoms with E-state index in [4.69, 9.17) is 9.84 Å². The van der Waals surface area contributed by atoms with Crippen molar-refractivity contribution >= 4 is 21.6 Å². The highest BCUT2D eigenvalue weighted by molar-refractivity contribution is 9.10. The van der Waals surface area contributed by atoms with Crippen LogP contribution in [0.5, 0.6) is 5.75 Å². The van der Waals surface area contributed by atoms with Crippen LogP contribution < -0.4 is 4.74 Å². The van der Waals surface area contributed by atoms with Gasteiger partial charge in [-0.3, -0.25) is 5.01 Å². The zero-order valence-corrected chi connectivity index (χ0v) is 16.5. The first-order chi connectivity index (χ1) is 12.0. The second-order valence-corrected chi connectivity index (χ2v) is 8.31. The van der Waals surface area contributed by atoms with Gasteiger partial charge < -0.3 is 4.74 Å². The number of hydrogen-bond acceptors (Lipinski definition) is 3. The molecule has 3 nitrogen and oxygen atoms in total. The molecule has 0 N–H and O–H groups in total. The molecular formula is C21H23BrN2O. The molecule has 0 saturated carbocycles. The maximum atomic E-state index is 6.31. The predicted molar refractivity (Wildman–Crippen MR) is 105 cm³/mol. The van der Waals surface area contributed by atoms with E-state index in [-0.39, 0.29) is 12.3 Å². The summed E-state index contributed by atoms with van der Waals surface area (Å²) in [6.07, 6.45) is 1.89. The first-order valence-electron chi connectivity index (χ1n) is 8.90. The zero-order valence-electron chi connectivity index (χ0n) is 14.9. The maximum Gasteiger partial charge on any atom is 0.188 e. The van der Waals surface area contributed by atoms with Gasteiger partial charge in [-0.15, -0.1) is 0 Å². The van der Waals surface area contributed by atoms with Crippen molar-refractivity contribution in [1.29, 1.82) is 0 Å². The average Bonchev–Trinajstić information content (AvgIpc) is 3.01. The number of hydrogen-bond donors (Lipinski definition) is 0. The number of halogens is 1. The molecule has 0 aliphatic carbocycles. The van der Waals surface area contributed by atoms with Crippen LogP contribution in [0, 0.1) is 12.8 Å². The van der Waals surface area contributed by atoms with Gasteiger partial charge in [-0.2, -0.15) is 5.10 Å². The Morgan fingerprint density at radius 1 is 1.20 bits per heavy atom. The number of hydrazone groups is 1. The Kier molecular flexibility index (Phi) is 4.32. The molecule has 0 bridgehead atoms. The van der Waals surface area contributed by atoms with Crippen LogP contribution in [0.25, 0.3) is 0 Å². The van der Waals surface area contributed by atoms with Crippen molar-refractivity contribution in [2.75, 3.05) is 0 Å².